The van der Waals surface area contributed by atoms with E-state index in [0.717, 1.165) is 63.8 Å². The molecule has 25 heavy (non-hydrogen) atoms. The molecule has 3 amide bonds. The Bertz CT molecular complexity index is 644. The van der Waals surface area contributed by atoms with Crippen molar-refractivity contribution in [1.82, 2.24) is 19.7 Å². The summed E-state index contributed by atoms with van der Waals surface area (Å²) in [6, 6.07) is 4.06. The summed E-state index contributed by atoms with van der Waals surface area (Å²) < 4.78 is 0. The van der Waals surface area contributed by atoms with Crippen LogP contribution in [0.4, 0.5) is 4.79 Å². The number of hydrogen-bond donors (Lipinski definition) is 0. The predicted octanol–water partition coefficient (Wildman–Crippen LogP) is 2.11. The molecule has 3 aliphatic rings. The van der Waals surface area contributed by atoms with E-state index >= 15 is 0 Å². The van der Waals surface area contributed by atoms with Crippen molar-refractivity contribution in [3.8, 4) is 0 Å². The van der Waals surface area contributed by atoms with Crippen molar-refractivity contribution in [2.45, 2.75) is 38.6 Å². The third kappa shape index (κ3) is 3.10. The van der Waals surface area contributed by atoms with Crippen LogP contribution in [0.1, 0.15) is 37.7 Å². The Balaban J connectivity index is 1.44. The van der Waals surface area contributed by atoms with Gasteiger partial charge in [-0.15, -0.1) is 0 Å². The minimum Gasteiger partial charge on any atom is -0.338 e. The minimum atomic E-state index is -0.360. The molecule has 0 bridgehead atoms. The van der Waals surface area contributed by atoms with E-state index in [2.05, 4.69) is 4.98 Å². The third-order valence-corrected chi connectivity index (χ3v) is 5.95. The van der Waals surface area contributed by atoms with Crippen LogP contribution in [0.3, 0.4) is 0 Å². The van der Waals surface area contributed by atoms with Gasteiger partial charge in [0, 0.05) is 51.7 Å². The summed E-state index contributed by atoms with van der Waals surface area (Å²) in [4.78, 5) is 35.8. The number of carbonyl (C=O) groups is 2. The Labute approximate surface area is 148 Å². The van der Waals surface area contributed by atoms with Gasteiger partial charge >= 0.3 is 6.03 Å². The van der Waals surface area contributed by atoms with Crippen LogP contribution in [0.5, 0.6) is 0 Å². The fourth-order valence-electron chi connectivity index (χ4n) is 4.53. The molecular weight excluding hydrogens is 316 g/mol. The largest absolute Gasteiger partial charge is 0.338 e. The van der Waals surface area contributed by atoms with E-state index in [9.17, 15) is 9.59 Å². The van der Waals surface area contributed by atoms with Gasteiger partial charge in [-0.3, -0.25) is 9.78 Å². The van der Waals surface area contributed by atoms with Crippen LogP contribution in [0.15, 0.2) is 24.5 Å². The predicted molar refractivity (Wildman–Crippen MR) is 93.7 cm³/mol. The molecule has 1 aromatic rings. The van der Waals surface area contributed by atoms with Gasteiger partial charge < -0.3 is 14.7 Å². The molecule has 3 fully saturated rings. The van der Waals surface area contributed by atoms with Crippen molar-refractivity contribution in [2.75, 3.05) is 32.7 Å². The monoisotopic (exact) mass is 342 g/mol. The van der Waals surface area contributed by atoms with Crippen molar-refractivity contribution in [3.05, 3.63) is 30.1 Å². The maximum absolute atomic E-state index is 13.1. The van der Waals surface area contributed by atoms with Gasteiger partial charge in [0.25, 0.3) is 0 Å². The first-order valence-electron chi connectivity index (χ1n) is 9.40. The van der Waals surface area contributed by atoms with Crippen molar-refractivity contribution in [3.63, 3.8) is 0 Å². The number of aromatic nitrogens is 1. The highest BCUT2D eigenvalue weighted by Crippen LogP contribution is 2.41. The molecule has 1 aromatic heterocycles. The average molecular weight is 342 g/mol. The number of rotatable bonds is 2. The molecule has 0 N–H and O–H groups in total. The summed E-state index contributed by atoms with van der Waals surface area (Å²) in [6.07, 6.45) is 8.43. The zero-order valence-corrected chi connectivity index (χ0v) is 14.7. The molecule has 0 radical (unpaired) electrons. The Morgan fingerprint density at radius 2 is 1.72 bits per heavy atom. The normalized spacial score (nSPS) is 26.7. The lowest BCUT2D eigenvalue weighted by molar-refractivity contribution is -0.138. The molecule has 0 saturated carbocycles. The summed E-state index contributed by atoms with van der Waals surface area (Å²) in [5.41, 5.74) is 0.752. The van der Waals surface area contributed by atoms with Gasteiger partial charge in [-0.2, -0.15) is 0 Å². The van der Waals surface area contributed by atoms with E-state index in [-0.39, 0.29) is 17.4 Å². The fraction of sp³-hybridized carbons (Fsp3) is 0.632. The SMILES string of the molecule is O=C(N1CCCC1)N1CCCC2(CCN(Cc3ccncc3)C2=O)C1. The van der Waals surface area contributed by atoms with Gasteiger partial charge in [0.1, 0.15) is 0 Å². The van der Waals surface area contributed by atoms with Crippen LogP contribution >= 0.6 is 0 Å². The lowest BCUT2D eigenvalue weighted by Crippen LogP contribution is -2.52. The lowest BCUT2D eigenvalue weighted by atomic mass is 9.78. The Morgan fingerprint density at radius 1 is 1.00 bits per heavy atom. The van der Waals surface area contributed by atoms with E-state index in [0.29, 0.717) is 13.1 Å². The first kappa shape index (κ1) is 16.4. The third-order valence-electron chi connectivity index (χ3n) is 5.95. The van der Waals surface area contributed by atoms with Crippen LogP contribution in [0.2, 0.25) is 0 Å². The first-order chi connectivity index (χ1) is 12.2. The highest BCUT2D eigenvalue weighted by atomic mass is 16.2. The van der Waals surface area contributed by atoms with Crippen molar-refractivity contribution in [1.29, 1.82) is 0 Å². The summed E-state index contributed by atoms with van der Waals surface area (Å²) >= 11 is 0. The molecule has 0 aromatic carbocycles. The Morgan fingerprint density at radius 3 is 2.48 bits per heavy atom. The maximum atomic E-state index is 13.1. The van der Waals surface area contributed by atoms with Crippen molar-refractivity contribution < 1.29 is 9.59 Å². The fourth-order valence-corrected chi connectivity index (χ4v) is 4.53. The summed E-state index contributed by atoms with van der Waals surface area (Å²) in [5.74, 6) is 0.225. The van der Waals surface area contributed by atoms with Crippen molar-refractivity contribution >= 4 is 11.9 Å². The number of likely N-dealkylation sites (tertiary alicyclic amines) is 3. The zero-order chi connectivity index (χ0) is 17.3. The molecular formula is C19H26N4O2. The molecule has 6 nitrogen and oxygen atoms in total. The van der Waals surface area contributed by atoms with Crippen LogP contribution < -0.4 is 0 Å². The molecule has 0 aliphatic carbocycles. The molecule has 3 saturated heterocycles. The summed E-state index contributed by atoms with van der Waals surface area (Å²) in [7, 11) is 0. The van der Waals surface area contributed by atoms with E-state index in [1.807, 2.05) is 26.8 Å². The van der Waals surface area contributed by atoms with Crippen LogP contribution in [-0.2, 0) is 11.3 Å². The van der Waals surface area contributed by atoms with Gasteiger partial charge in [0.15, 0.2) is 0 Å². The number of amides is 3. The van der Waals surface area contributed by atoms with Gasteiger partial charge in [0.2, 0.25) is 5.91 Å². The van der Waals surface area contributed by atoms with Crippen LogP contribution in [0.25, 0.3) is 0 Å². The van der Waals surface area contributed by atoms with Crippen LogP contribution in [-0.4, -0.2) is 64.3 Å². The van der Waals surface area contributed by atoms with Gasteiger partial charge in [-0.05, 0) is 49.8 Å². The standard InChI is InChI=1S/C19H26N4O2/c24-17-19(7-13-22(17)14-16-4-8-20-9-5-16)6-3-12-23(15-19)18(25)21-10-1-2-11-21/h4-5,8-9H,1-3,6-7,10-15H2. The summed E-state index contributed by atoms with van der Waals surface area (Å²) in [6.45, 7) is 4.54. The number of piperidine rings is 1. The van der Waals surface area contributed by atoms with Gasteiger partial charge in [-0.25, -0.2) is 4.79 Å². The van der Waals surface area contributed by atoms with E-state index in [1.54, 1.807) is 12.4 Å². The molecule has 1 spiro atoms. The number of pyridine rings is 1. The van der Waals surface area contributed by atoms with Gasteiger partial charge in [0.05, 0.1) is 5.41 Å². The second kappa shape index (κ2) is 6.65. The number of nitrogens with zero attached hydrogens (tertiary/aromatic N) is 4. The smallest absolute Gasteiger partial charge is 0.320 e. The Hall–Kier alpha value is -2.11. The van der Waals surface area contributed by atoms with Gasteiger partial charge in [-0.1, -0.05) is 0 Å². The number of carbonyl (C=O) groups excluding carboxylic acids is 2. The first-order valence-corrected chi connectivity index (χ1v) is 9.40. The van der Waals surface area contributed by atoms with Crippen molar-refractivity contribution in [2.24, 2.45) is 5.41 Å². The topological polar surface area (TPSA) is 56.8 Å². The highest BCUT2D eigenvalue weighted by Gasteiger charge is 2.49. The molecule has 1 unspecified atom stereocenters. The minimum absolute atomic E-state index is 0.136. The highest BCUT2D eigenvalue weighted by molar-refractivity contribution is 5.86. The van der Waals surface area contributed by atoms with E-state index in [4.69, 9.17) is 0 Å². The summed E-state index contributed by atoms with van der Waals surface area (Å²) in [5, 5.41) is 0. The molecule has 1 atom stereocenters. The second-order valence-corrected chi connectivity index (χ2v) is 7.61. The lowest BCUT2D eigenvalue weighted by Gasteiger charge is -2.40. The van der Waals surface area contributed by atoms with E-state index in [1.165, 1.54) is 0 Å². The molecule has 4 rings (SSSR count). The zero-order valence-electron chi connectivity index (χ0n) is 14.7. The van der Waals surface area contributed by atoms with Crippen LogP contribution in [0, 0.1) is 5.41 Å². The Kier molecular flexibility index (Phi) is 4.36. The molecule has 6 heteroatoms. The second-order valence-electron chi connectivity index (χ2n) is 7.61. The van der Waals surface area contributed by atoms with E-state index < -0.39 is 0 Å². The average Bonchev–Trinajstić information content (AvgIpc) is 3.28. The number of urea groups is 1. The molecule has 134 valence electrons. The quantitative estimate of drug-likeness (QED) is 0.827. The molecule has 4 heterocycles. The maximum Gasteiger partial charge on any atom is 0.320 e. The number of hydrogen-bond acceptors (Lipinski definition) is 3. The molecule has 3 aliphatic heterocycles.